The van der Waals surface area contributed by atoms with Gasteiger partial charge in [0.05, 0.1) is 0 Å². The molecule has 0 atom stereocenters. The van der Waals surface area contributed by atoms with Crippen LogP contribution in [0.3, 0.4) is 0 Å². The zero-order valence-electron chi connectivity index (χ0n) is 11.9. The van der Waals surface area contributed by atoms with Gasteiger partial charge in [0.2, 0.25) is 0 Å². The van der Waals surface area contributed by atoms with Crippen LogP contribution in [0.25, 0.3) is 0 Å². The van der Waals surface area contributed by atoms with Crippen molar-refractivity contribution in [3.63, 3.8) is 0 Å². The second-order valence-electron chi connectivity index (χ2n) is 5.48. The summed E-state index contributed by atoms with van der Waals surface area (Å²) >= 11 is 0. The molecular weight excluding hydrogens is 236 g/mol. The zero-order valence-corrected chi connectivity index (χ0v) is 11.9. The number of hydrogen-bond donors (Lipinski definition) is 2. The van der Waals surface area contributed by atoms with E-state index in [0.717, 1.165) is 12.1 Å². The van der Waals surface area contributed by atoms with E-state index in [9.17, 15) is 5.11 Å². The Kier molecular flexibility index (Phi) is 5.67. The first-order valence-electron chi connectivity index (χ1n) is 7.52. The molecule has 1 heterocycles. The van der Waals surface area contributed by atoms with Gasteiger partial charge in [-0.2, -0.15) is 0 Å². The molecule has 1 aromatic carbocycles. The number of likely N-dealkylation sites (tertiary alicyclic amines) is 1. The summed E-state index contributed by atoms with van der Waals surface area (Å²) < 4.78 is 0. The Labute approximate surface area is 116 Å². The largest absolute Gasteiger partial charge is 0.508 e. The van der Waals surface area contributed by atoms with Crippen molar-refractivity contribution in [1.82, 2.24) is 10.2 Å². The molecule has 1 aromatic rings. The van der Waals surface area contributed by atoms with Gasteiger partial charge in [0.15, 0.2) is 0 Å². The Balaban J connectivity index is 1.70. The Morgan fingerprint density at radius 1 is 1.26 bits per heavy atom. The molecule has 1 saturated heterocycles. The monoisotopic (exact) mass is 262 g/mol. The van der Waals surface area contributed by atoms with Crippen LogP contribution in [0.2, 0.25) is 0 Å². The minimum absolute atomic E-state index is 0.399. The Hall–Kier alpha value is -1.06. The average Bonchev–Trinajstić information content (AvgIpc) is 2.45. The number of piperidine rings is 1. The van der Waals surface area contributed by atoms with Gasteiger partial charge in [0.1, 0.15) is 5.75 Å². The number of phenols is 1. The molecule has 0 radical (unpaired) electrons. The molecule has 3 nitrogen and oxygen atoms in total. The van der Waals surface area contributed by atoms with Gasteiger partial charge in [0, 0.05) is 18.2 Å². The summed E-state index contributed by atoms with van der Waals surface area (Å²) in [4.78, 5) is 2.57. The van der Waals surface area contributed by atoms with Crippen LogP contribution in [0.4, 0.5) is 0 Å². The highest BCUT2D eigenvalue weighted by molar-refractivity contribution is 5.31. The SMILES string of the molecule is CCCCN1CCC(NCc2ccccc2O)CC1. The van der Waals surface area contributed by atoms with Gasteiger partial charge in [0.25, 0.3) is 0 Å². The molecule has 0 unspecified atom stereocenters. The number of benzene rings is 1. The van der Waals surface area contributed by atoms with E-state index in [4.69, 9.17) is 0 Å². The Morgan fingerprint density at radius 2 is 2.00 bits per heavy atom. The lowest BCUT2D eigenvalue weighted by Crippen LogP contribution is -2.42. The molecule has 1 fully saturated rings. The molecule has 0 aliphatic carbocycles. The fourth-order valence-electron chi connectivity index (χ4n) is 2.66. The minimum atomic E-state index is 0.399. The zero-order chi connectivity index (χ0) is 13.5. The van der Waals surface area contributed by atoms with E-state index < -0.39 is 0 Å². The van der Waals surface area contributed by atoms with Crippen molar-refractivity contribution in [3.8, 4) is 5.75 Å². The Bertz CT molecular complexity index is 373. The van der Waals surface area contributed by atoms with Crippen LogP contribution in [0, 0.1) is 0 Å². The van der Waals surface area contributed by atoms with Gasteiger partial charge in [-0.25, -0.2) is 0 Å². The van der Waals surface area contributed by atoms with Crippen LogP contribution in [0.5, 0.6) is 5.75 Å². The molecule has 1 aliphatic rings. The maximum absolute atomic E-state index is 9.73. The molecule has 0 aromatic heterocycles. The first-order chi connectivity index (χ1) is 9.29. The lowest BCUT2D eigenvalue weighted by Gasteiger charge is -2.32. The topological polar surface area (TPSA) is 35.5 Å². The standard InChI is InChI=1S/C16H26N2O/c1-2-3-10-18-11-8-15(9-12-18)17-13-14-6-4-5-7-16(14)19/h4-7,15,17,19H,2-3,8-13H2,1H3. The third-order valence-corrected chi connectivity index (χ3v) is 3.99. The second kappa shape index (κ2) is 7.51. The van der Waals surface area contributed by atoms with Crippen LogP contribution >= 0.6 is 0 Å². The van der Waals surface area contributed by atoms with E-state index >= 15 is 0 Å². The van der Waals surface area contributed by atoms with Gasteiger partial charge >= 0.3 is 0 Å². The predicted octanol–water partition coefficient (Wildman–Crippen LogP) is 2.75. The third kappa shape index (κ3) is 4.51. The predicted molar refractivity (Wildman–Crippen MR) is 79.3 cm³/mol. The quantitative estimate of drug-likeness (QED) is 0.827. The molecule has 3 heteroatoms. The van der Waals surface area contributed by atoms with Gasteiger partial charge in [-0.05, 0) is 45.0 Å². The summed E-state index contributed by atoms with van der Waals surface area (Å²) in [6.45, 7) is 6.69. The highest BCUT2D eigenvalue weighted by Gasteiger charge is 2.18. The van der Waals surface area contributed by atoms with Gasteiger partial charge < -0.3 is 15.3 Å². The van der Waals surface area contributed by atoms with Gasteiger partial charge in [-0.1, -0.05) is 31.5 Å². The van der Waals surface area contributed by atoms with Gasteiger partial charge in [-0.15, -0.1) is 0 Å². The van der Waals surface area contributed by atoms with Crippen LogP contribution in [0.1, 0.15) is 38.2 Å². The molecule has 0 bridgehead atoms. The molecule has 19 heavy (non-hydrogen) atoms. The second-order valence-corrected chi connectivity index (χ2v) is 5.48. The number of phenolic OH excluding ortho intramolecular Hbond substituents is 1. The normalized spacial score (nSPS) is 17.7. The number of nitrogens with zero attached hydrogens (tertiary/aromatic N) is 1. The van der Waals surface area contributed by atoms with Crippen LogP contribution in [-0.4, -0.2) is 35.7 Å². The van der Waals surface area contributed by atoms with Crippen LogP contribution < -0.4 is 5.32 Å². The summed E-state index contributed by atoms with van der Waals surface area (Å²) in [5.74, 6) is 0.399. The number of para-hydroxylation sites is 1. The minimum Gasteiger partial charge on any atom is -0.508 e. The van der Waals surface area contributed by atoms with E-state index in [-0.39, 0.29) is 0 Å². The summed E-state index contributed by atoms with van der Waals surface area (Å²) in [6.07, 6.45) is 5.04. The fraction of sp³-hybridized carbons (Fsp3) is 0.625. The van der Waals surface area contributed by atoms with E-state index in [0.29, 0.717) is 11.8 Å². The molecule has 0 amide bonds. The molecule has 1 aliphatic heterocycles. The molecule has 0 spiro atoms. The van der Waals surface area contributed by atoms with Crippen molar-refractivity contribution in [3.05, 3.63) is 29.8 Å². The first-order valence-corrected chi connectivity index (χ1v) is 7.52. The maximum Gasteiger partial charge on any atom is 0.120 e. The summed E-state index contributed by atoms with van der Waals surface area (Å²) in [5, 5.41) is 13.3. The van der Waals surface area contributed by atoms with Crippen molar-refractivity contribution >= 4 is 0 Å². The lowest BCUT2D eigenvalue weighted by atomic mass is 10.0. The molecule has 2 rings (SSSR count). The summed E-state index contributed by atoms with van der Waals surface area (Å²) in [7, 11) is 0. The van der Waals surface area contributed by atoms with Crippen LogP contribution in [-0.2, 0) is 6.54 Å². The smallest absolute Gasteiger partial charge is 0.120 e. The first kappa shape index (κ1) is 14.4. The highest BCUT2D eigenvalue weighted by atomic mass is 16.3. The van der Waals surface area contributed by atoms with Crippen molar-refractivity contribution < 1.29 is 5.11 Å². The molecule has 0 saturated carbocycles. The van der Waals surface area contributed by atoms with Crippen molar-refractivity contribution in [2.45, 2.75) is 45.2 Å². The summed E-state index contributed by atoms with van der Waals surface area (Å²) in [6, 6.07) is 8.18. The van der Waals surface area contributed by atoms with E-state index in [2.05, 4.69) is 17.1 Å². The number of aromatic hydroxyl groups is 1. The van der Waals surface area contributed by atoms with Crippen molar-refractivity contribution in [2.24, 2.45) is 0 Å². The summed E-state index contributed by atoms with van der Waals surface area (Å²) in [5.41, 5.74) is 0.996. The van der Waals surface area contributed by atoms with E-state index in [1.807, 2.05) is 18.2 Å². The third-order valence-electron chi connectivity index (χ3n) is 3.99. The molecular formula is C16H26N2O. The maximum atomic E-state index is 9.73. The lowest BCUT2D eigenvalue weighted by molar-refractivity contribution is 0.195. The molecule has 2 N–H and O–H groups in total. The number of unbranched alkanes of at least 4 members (excludes halogenated alkanes) is 1. The van der Waals surface area contributed by atoms with Crippen molar-refractivity contribution in [1.29, 1.82) is 0 Å². The highest BCUT2D eigenvalue weighted by Crippen LogP contribution is 2.17. The molecule has 106 valence electrons. The number of nitrogens with one attached hydrogen (secondary N) is 1. The fourth-order valence-corrected chi connectivity index (χ4v) is 2.66. The number of hydrogen-bond acceptors (Lipinski definition) is 3. The van der Waals surface area contributed by atoms with E-state index in [1.165, 1.54) is 45.3 Å². The Morgan fingerprint density at radius 3 is 2.68 bits per heavy atom. The van der Waals surface area contributed by atoms with Crippen molar-refractivity contribution in [2.75, 3.05) is 19.6 Å². The number of rotatable bonds is 6. The average molecular weight is 262 g/mol. The van der Waals surface area contributed by atoms with Crippen LogP contribution in [0.15, 0.2) is 24.3 Å². The van der Waals surface area contributed by atoms with Gasteiger partial charge in [-0.3, -0.25) is 0 Å². The van der Waals surface area contributed by atoms with E-state index in [1.54, 1.807) is 6.07 Å².